The number of rotatable bonds is 5. The summed E-state index contributed by atoms with van der Waals surface area (Å²) in [7, 11) is 1.55. The van der Waals surface area contributed by atoms with E-state index < -0.39 is 0 Å². The summed E-state index contributed by atoms with van der Waals surface area (Å²) in [6, 6.07) is 23.1. The van der Waals surface area contributed by atoms with Gasteiger partial charge in [-0.15, -0.1) is 0 Å². The van der Waals surface area contributed by atoms with Crippen LogP contribution in [0.25, 0.3) is 11.1 Å². The minimum absolute atomic E-state index is 0.209. The average molecular weight is 426 g/mol. The highest BCUT2D eigenvalue weighted by molar-refractivity contribution is 7.80. The van der Waals surface area contributed by atoms with E-state index in [2.05, 4.69) is 28.3 Å². The molecule has 148 valence electrons. The van der Waals surface area contributed by atoms with Gasteiger partial charge in [0.25, 0.3) is 0 Å². The van der Waals surface area contributed by atoms with Gasteiger partial charge in [-0.25, -0.2) is 0 Å². The van der Waals surface area contributed by atoms with Gasteiger partial charge in [0.2, 0.25) is 5.91 Å². The molecule has 29 heavy (non-hydrogen) atoms. The summed E-state index contributed by atoms with van der Waals surface area (Å²) in [6.45, 7) is 0. The molecule has 0 aliphatic rings. The number of hydrogen-bond donors (Lipinski definition) is 3. The molecule has 0 saturated carbocycles. The third-order valence-corrected chi connectivity index (χ3v) is 4.59. The number of ether oxygens (including phenoxy) is 1. The maximum absolute atomic E-state index is 12.2. The fraction of sp³-hybridized carbons (Fsp3) is 0.0909. The molecular formula is C22H20ClN3O2S. The van der Waals surface area contributed by atoms with Crippen LogP contribution in [0.3, 0.4) is 0 Å². The Bertz CT molecular complexity index is 995. The highest BCUT2D eigenvalue weighted by atomic mass is 35.5. The van der Waals surface area contributed by atoms with Crippen LogP contribution in [-0.4, -0.2) is 18.1 Å². The molecule has 3 N–H and O–H groups in total. The van der Waals surface area contributed by atoms with Gasteiger partial charge in [0.05, 0.1) is 19.2 Å². The molecule has 0 atom stereocenters. The summed E-state index contributed by atoms with van der Waals surface area (Å²) in [5, 5.41) is 3.70. The lowest BCUT2D eigenvalue weighted by atomic mass is 10.0. The Hall–Kier alpha value is -3.09. The first kappa shape index (κ1) is 20.6. The largest absolute Gasteiger partial charge is 0.495 e. The molecule has 3 rings (SSSR count). The minimum Gasteiger partial charge on any atom is -0.495 e. The van der Waals surface area contributed by atoms with Crippen LogP contribution in [0.5, 0.6) is 5.75 Å². The van der Waals surface area contributed by atoms with Crippen molar-refractivity contribution >= 4 is 40.5 Å². The first-order chi connectivity index (χ1) is 14.0. The number of methoxy groups -OCH3 is 1. The molecule has 0 saturated heterocycles. The fourth-order valence-electron chi connectivity index (χ4n) is 2.73. The van der Waals surface area contributed by atoms with Crippen molar-refractivity contribution in [3.63, 3.8) is 0 Å². The SMILES string of the molecule is COc1ccc(Cl)cc1NC(=S)NNC(=O)Cc1ccc(-c2ccccc2)cc1. The second-order valence-electron chi connectivity index (χ2n) is 6.21. The predicted octanol–water partition coefficient (Wildman–Crippen LogP) is 4.58. The molecule has 1 amide bonds. The summed E-state index contributed by atoms with van der Waals surface area (Å²) >= 11 is 11.2. The van der Waals surface area contributed by atoms with Gasteiger partial charge in [0.1, 0.15) is 5.75 Å². The number of carbonyl (C=O) groups excluding carboxylic acids is 1. The third kappa shape index (κ3) is 5.94. The van der Waals surface area contributed by atoms with E-state index in [4.69, 9.17) is 28.6 Å². The number of thiocarbonyl (C=S) groups is 1. The standard InChI is InChI=1S/C22H20ClN3O2S/c1-28-20-12-11-18(23)14-19(20)24-22(29)26-25-21(27)13-15-7-9-17(10-8-15)16-5-3-2-4-6-16/h2-12,14H,13H2,1H3,(H,25,27)(H2,24,26,29). The van der Waals surface area contributed by atoms with E-state index in [1.165, 1.54) is 0 Å². The quantitative estimate of drug-likeness (QED) is 0.412. The van der Waals surface area contributed by atoms with E-state index in [0.29, 0.717) is 16.5 Å². The van der Waals surface area contributed by atoms with Crippen molar-refractivity contribution in [2.24, 2.45) is 0 Å². The van der Waals surface area contributed by atoms with Gasteiger partial charge in [0, 0.05) is 5.02 Å². The summed E-state index contributed by atoms with van der Waals surface area (Å²) in [5.74, 6) is 0.378. The lowest BCUT2D eigenvalue weighted by Crippen LogP contribution is -2.44. The van der Waals surface area contributed by atoms with E-state index in [0.717, 1.165) is 16.7 Å². The molecule has 0 fully saturated rings. The van der Waals surface area contributed by atoms with Gasteiger partial charge >= 0.3 is 0 Å². The van der Waals surface area contributed by atoms with Crippen LogP contribution in [0.4, 0.5) is 5.69 Å². The Morgan fingerprint density at radius 3 is 2.34 bits per heavy atom. The molecule has 0 bridgehead atoms. The normalized spacial score (nSPS) is 10.1. The van der Waals surface area contributed by atoms with E-state index in [1.807, 2.05) is 42.5 Å². The number of halogens is 1. The van der Waals surface area contributed by atoms with Crippen molar-refractivity contribution in [3.8, 4) is 16.9 Å². The van der Waals surface area contributed by atoms with Crippen LogP contribution in [0.2, 0.25) is 5.02 Å². The Balaban J connectivity index is 1.51. The van der Waals surface area contributed by atoms with Gasteiger partial charge < -0.3 is 10.1 Å². The third-order valence-electron chi connectivity index (χ3n) is 4.15. The number of amides is 1. The van der Waals surface area contributed by atoms with Crippen molar-refractivity contribution in [2.75, 3.05) is 12.4 Å². The molecule has 3 aromatic rings. The Morgan fingerprint density at radius 1 is 0.966 bits per heavy atom. The lowest BCUT2D eigenvalue weighted by Gasteiger charge is -2.14. The first-order valence-electron chi connectivity index (χ1n) is 8.89. The summed E-state index contributed by atoms with van der Waals surface area (Å²) in [5.41, 5.74) is 9.01. The lowest BCUT2D eigenvalue weighted by molar-refractivity contribution is -0.120. The molecule has 3 aromatic carbocycles. The topological polar surface area (TPSA) is 62.4 Å². The number of hydrazine groups is 1. The van der Waals surface area contributed by atoms with Crippen LogP contribution >= 0.6 is 23.8 Å². The minimum atomic E-state index is -0.209. The zero-order valence-corrected chi connectivity index (χ0v) is 17.3. The van der Waals surface area contributed by atoms with Gasteiger partial charge in [-0.05, 0) is 47.1 Å². The Kier molecular flexibility index (Phi) is 7.05. The van der Waals surface area contributed by atoms with Gasteiger partial charge in [-0.2, -0.15) is 0 Å². The second kappa shape index (κ2) is 9.91. The van der Waals surface area contributed by atoms with Crippen molar-refractivity contribution in [1.82, 2.24) is 10.9 Å². The van der Waals surface area contributed by atoms with E-state index in [-0.39, 0.29) is 17.4 Å². The average Bonchev–Trinajstić information content (AvgIpc) is 2.74. The highest BCUT2D eigenvalue weighted by Crippen LogP contribution is 2.27. The summed E-state index contributed by atoms with van der Waals surface area (Å²) in [6.07, 6.45) is 0.227. The van der Waals surface area contributed by atoms with Gasteiger partial charge in [0.15, 0.2) is 5.11 Å². The first-order valence-corrected chi connectivity index (χ1v) is 9.67. The zero-order valence-electron chi connectivity index (χ0n) is 15.7. The molecule has 0 aromatic heterocycles. The van der Waals surface area contributed by atoms with Crippen molar-refractivity contribution < 1.29 is 9.53 Å². The van der Waals surface area contributed by atoms with Crippen LogP contribution in [0.15, 0.2) is 72.8 Å². The number of carbonyl (C=O) groups is 1. The molecule has 7 heteroatoms. The smallest absolute Gasteiger partial charge is 0.242 e. The fourth-order valence-corrected chi connectivity index (χ4v) is 3.07. The van der Waals surface area contributed by atoms with E-state index in [9.17, 15) is 4.79 Å². The monoisotopic (exact) mass is 425 g/mol. The zero-order chi connectivity index (χ0) is 20.6. The van der Waals surface area contributed by atoms with Crippen LogP contribution in [-0.2, 0) is 11.2 Å². The Morgan fingerprint density at radius 2 is 1.66 bits per heavy atom. The van der Waals surface area contributed by atoms with E-state index >= 15 is 0 Å². The van der Waals surface area contributed by atoms with Crippen LogP contribution < -0.4 is 20.9 Å². The number of benzene rings is 3. The number of nitrogens with one attached hydrogen (secondary N) is 3. The van der Waals surface area contributed by atoms with Crippen molar-refractivity contribution in [1.29, 1.82) is 0 Å². The van der Waals surface area contributed by atoms with E-state index in [1.54, 1.807) is 25.3 Å². The number of anilines is 1. The Labute approximate surface area is 180 Å². The van der Waals surface area contributed by atoms with Gasteiger partial charge in [-0.1, -0.05) is 66.2 Å². The molecule has 0 heterocycles. The highest BCUT2D eigenvalue weighted by Gasteiger charge is 2.08. The van der Waals surface area contributed by atoms with Crippen LogP contribution in [0.1, 0.15) is 5.56 Å². The molecule has 0 spiro atoms. The van der Waals surface area contributed by atoms with Gasteiger partial charge in [-0.3, -0.25) is 15.6 Å². The van der Waals surface area contributed by atoms with Crippen molar-refractivity contribution in [2.45, 2.75) is 6.42 Å². The second-order valence-corrected chi connectivity index (χ2v) is 7.06. The molecule has 5 nitrogen and oxygen atoms in total. The maximum Gasteiger partial charge on any atom is 0.242 e. The number of hydrogen-bond acceptors (Lipinski definition) is 3. The molecular weight excluding hydrogens is 406 g/mol. The maximum atomic E-state index is 12.2. The summed E-state index contributed by atoms with van der Waals surface area (Å²) in [4.78, 5) is 12.2. The molecule has 0 aliphatic heterocycles. The van der Waals surface area contributed by atoms with Crippen molar-refractivity contribution in [3.05, 3.63) is 83.4 Å². The molecule has 0 radical (unpaired) electrons. The van der Waals surface area contributed by atoms with Crippen LogP contribution in [0, 0.1) is 0 Å². The molecule has 0 unspecified atom stereocenters. The predicted molar refractivity (Wildman–Crippen MR) is 121 cm³/mol. The summed E-state index contributed by atoms with van der Waals surface area (Å²) < 4.78 is 5.25. The molecule has 0 aliphatic carbocycles.